The van der Waals surface area contributed by atoms with Crippen LogP contribution in [0.15, 0.2) is 60.7 Å². The molecular weight excluding hydrogens is 332 g/mol. The van der Waals surface area contributed by atoms with Crippen LogP contribution < -0.4 is 0 Å². The molecule has 1 fully saturated rings. The Morgan fingerprint density at radius 3 is 1.90 bits per heavy atom. The number of halogens is 1. The van der Waals surface area contributed by atoms with E-state index in [1.165, 1.54) is 0 Å². The zero-order chi connectivity index (χ0) is 15.0. The highest BCUT2D eigenvalue weighted by molar-refractivity contribution is 9.10. The van der Waals surface area contributed by atoms with Gasteiger partial charge in [0.25, 0.3) is 0 Å². The van der Waals surface area contributed by atoms with Gasteiger partial charge in [0.1, 0.15) is 5.92 Å². The van der Waals surface area contributed by atoms with Gasteiger partial charge in [0.05, 0.1) is 0 Å². The second kappa shape index (κ2) is 5.04. The van der Waals surface area contributed by atoms with Gasteiger partial charge in [-0.05, 0) is 11.1 Å². The van der Waals surface area contributed by atoms with Crippen molar-refractivity contribution in [3.8, 4) is 0 Å². The molecule has 0 radical (unpaired) electrons. The Balaban J connectivity index is 2.12. The molecule has 2 aromatic rings. The molecule has 0 bridgehead atoms. The van der Waals surface area contributed by atoms with Gasteiger partial charge in [0, 0.05) is 0 Å². The molecule has 0 aromatic heterocycles. The lowest BCUT2D eigenvalue weighted by molar-refractivity contribution is -0.135. The van der Waals surface area contributed by atoms with Crippen LogP contribution in [0.5, 0.6) is 0 Å². The molecule has 0 N–H and O–H groups in total. The molecule has 3 nitrogen and oxygen atoms in total. The van der Waals surface area contributed by atoms with Crippen LogP contribution in [0, 0.1) is 0 Å². The number of rotatable bonds is 2. The summed E-state index contributed by atoms with van der Waals surface area (Å²) < 4.78 is -1.56. The fraction of sp³-hybridized carbons (Fsp3) is 0.118. The van der Waals surface area contributed by atoms with Gasteiger partial charge in [-0.25, -0.2) is 0 Å². The van der Waals surface area contributed by atoms with Gasteiger partial charge < -0.3 is 0 Å². The third-order valence-corrected chi connectivity index (χ3v) is 4.91. The maximum atomic E-state index is 12.8. The SMILES string of the molecule is O=C1C(=O)[C@@](Br)(c2ccccc2)C(=O)[C@@H]1c1ccccc1. The number of ketones is 3. The van der Waals surface area contributed by atoms with E-state index in [1.54, 1.807) is 60.7 Å². The Morgan fingerprint density at radius 2 is 1.33 bits per heavy atom. The van der Waals surface area contributed by atoms with Gasteiger partial charge in [0.2, 0.25) is 11.6 Å². The summed E-state index contributed by atoms with van der Waals surface area (Å²) >= 11 is 3.24. The fourth-order valence-electron chi connectivity index (χ4n) is 2.62. The fourth-order valence-corrected chi connectivity index (χ4v) is 3.31. The molecule has 21 heavy (non-hydrogen) atoms. The summed E-state index contributed by atoms with van der Waals surface area (Å²) in [5, 5.41) is 0. The van der Waals surface area contributed by atoms with Crippen LogP contribution in [-0.4, -0.2) is 17.3 Å². The average Bonchev–Trinajstić information content (AvgIpc) is 2.71. The monoisotopic (exact) mass is 342 g/mol. The molecule has 0 aliphatic heterocycles. The second-order valence-corrected chi connectivity index (χ2v) is 6.12. The van der Waals surface area contributed by atoms with E-state index in [9.17, 15) is 14.4 Å². The Kier molecular flexibility index (Phi) is 3.33. The number of Topliss-reactive ketones (excluding diaryl/α,β-unsaturated/α-hetero) is 3. The highest BCUT2D eigenvalue weighted by Gasteiger charge is 2.60. The van der Waals surface area contributed by atoms with Crippen molar-refractivity contribution in [3.63, 3.8) is 0 Å². The van der Waals surface area contributed by atoms with Gasteiger partial charge in [-0.1, -0.05) is 76.6 Å². The third-order valence-electron chi connectivity index (χ3n) is 3.71. The van der Waals surface area contributed by atoms with Crippen LogP contribution in [0.3, 0.4) is 0 Å². The third kappa shape index (κ3) is 1.98. The van der Waals surface area contributed by atoms with Crippen molar-refractivity contribution in [2.45, 2.75) is 10.2 Å². The average molecular weight is 343 g/mol. The zero-order valence-corrected chi connectivity index (χ0v) is 12.5. The van der Waals surface area contributed by atoms with Crippen LogP contribution in [0.1, 0.15) is 17.0 Å². The molecular formula is C17H11BrO3. The minimum atomic E-state index is -1.56. The summed E-state index contributed by atoms with van der Waals surface area (Å²) in [7, 11) is 0. The lowest BCUT2D eigenvalue weighted by Crippen LogP contribution is -2.32. The number of hydrogen-bond acceptors (Lipinski definition) is 3. The van der Waals surface area contributed by atoms with Crippen LogP contribution in [0.2, 0.25) is 0 Å². The molecule has 1 saturated carbocycles. The second-order valence-electron chi connectivity index (χ2n) is 4.93. The summed E-state index contributed by atoms with van der Waals surface area (Å²) in [6.45, 7) is 0. The maximum absolute atomic E-state index is 12.8. The van der Waals surface area contributed by atoms with Crippen molar-refractivity contribution in [1.82, 2.24) is 0 Å². The molecule has 0 heterocycles. The van der Waals surface area contributed by atoms with Crippen LogP contribution >= 0.6 is 15.9 Å². The summed E-state index contributed by atoms with van der Waals surface area (Å²) in [5.74, 6) is -2.81. The largest absolute Gasteiger partial charge is 0.296 e. The van der Waals surface area contributed by atoms with Crippen molar-refractivity contribution in [2.24, 2.45) is 0 Å². The number of alkyl halides is 1. The van der Waals surface area contributed by atoms with E-state index in [1.807, 2.05) is 0 Å². The molecule has 0 amide bonds. The van der Waals surface area contributed by atoms with Crippen LogP contribution in [0.4, 0.5) is 0 Å². The lowest BCUT2D eigenvalue weighted by Gasteiger charge is -2.18. The topological polar surface area (TPSA) is 51.2 Å². The van der Waals surface area contributed by atoms with Crippen LogP contribution in [0.25, 0.3) is 0 Å². The Hall–Kier alpha value is -2.07. The summed E-state index contributed by atoms with van der Waals surface area (Å²) in [6, 6.07) is 17.3. The number of hydrogen-bond donors (Lipinski definition) is 0. The lowest BCUT2D eigenvalue weighted by atomic mass is 9.91. The van der Waals surface area contributed by atoms with E-state index in [0.29, 0.717) is 11.1 Å². The number of benzene rings is 2. The first-order valence-electron chi connectivity index (χ1n) is 6.49. The highest BCUT2D eigenvalue weighted by atomic mass is 79.9. The Morgan fingerprint density at radius 1 is 0.810 bits per heavy atom. The quantitative estimate of drug-likeness (QED) is 0.479. The highest BCUT2D eigenvalue weighted by Crippen LogP contribution is 2.45. The minimum Gasteiger partial charge on any atom is -0.296 e. The maximum Gasteiger partial charge on any atom is 0.228 e. The smallest absolute Gasteiger partial charge is 0.228 e. The van der Waals surface area contributed by atoms with E-state index in [2.05, 4.69) is 15.9 Å². The van der Waals surface area contributed by atoms with Crippen molar-refractivity contribution in [3.05, 3.63) is 71.8 Å². The Bertz CT molecular complexity index is 724. The first kappa shape index (κ1) is 13.9. The van der Waals surface area contributed by atoms with E-state index in [0.717, 1.165) is 0 Å². The molecule has 0 unspecified atom stereocenters. The van der Waals surface area contributed by atoms with Gasteiger partial charge in [-0.3, -0.25) is 14.4 Å². The molecule has 0 saturated heterocycles. The van der Waals surface area contributed by atoms with Crippen molar-refractivity contribution < 1.29 is 14.4 Å². The molecule has 0 spiro atoms. The number of carbonyl (C=O) groups excluding carboxylic acids is 3. The molecule has 4 heteroatoms. The standard InChI is InChI=1S/C17H11BrO3/c18-17(12-9-5-2-6-10-12)15(20)13(14(19)16(17)21)11-7-3-1-4-8-11/h1-10,13H/t13-,17-/m1/s1. The van der Waals surface area contributed by atoms with E-state index >= 15 is 0 Å². The predicted octanol–water partition coefficient (Wildman–Crippen LogP) is 2.78. The Labute approximate surface area is 130 Å². The molecule has 2 atom stereocenters. The molecule has 104 valence electrons. The predicted molar refractivity (Wildman–Crippen MR) is 81.3 cm³/mol. The van der Waals surface area contributed by atoms with Gasteiger partial charge in [0.15, 0.2) is 10.1 Å². The normalized spacial score (nSPS) is 25.4. The van der Waals surface area contributed by atoms with Crippen molar-refractivity contribution in [2.75, 3.05) is 0 Å². The molecule has 3 rings (SSSR count). The van der Waals surface area contributed by atoms with Gasteiger partial charge >= 0.3 is 0 Å². The summed E-state index contributed by atoms with van der Waals surface area (Å²) in [5.41, 5.74) is 1.05. The number of carbonyl (C=O) groups is 3. The minimum absolute atomic E-state index is 0.421. The van der Waals surface area contributed by atoms with Crippen molar-refractivity contribution >= 4 is 33.3 Å². The summed E-state index contributed by atoms with van der Waals surface area (Å²) in [6.07, 6.45) is 0. The van der Waals surface area contributed by atoms with E-state index < -0.39 is 27.6 Å². The molecule has 1 aliphatic carbocycles. The van der Waals surface area contributed by atoms with Gasteiger partial charge in [-0.2, -0.15) is 0 Å². The van der Waals surface area contributed by atoms with Crippen molar-refractivity contribution in [1.29, 1.82) is 0 Å². The summed E-state index contributed by atoms with van der Waals surface area (Å²) in [4.78, 5) is 37.5. The molecule has 2 aromatic carbocycles. The van der Waals surface area contributed by atoms with Gasteiger partial charge in [-0.15, -0.1) is 0 Å². The first-order valence-corrected chi connectivity index (χ1v) is 7.28. The van der Waals surface area contributed by atoms with E-state index in [-0.39, 0.29) is 0 Å². The first-order chi connectivity index (χ1) is 10.1. The molecule has 1 aliphatic rings. The van der Waals surface area contributed by atoms with Crippen LogP contribution in [-0.2, 0) is 18.7 Å². The zero-order valence-electron chi connectivity index (χ0n) is 11.0. The van der Waals surface area contributed by atoms with E-state index in [4.69, 9.17) is 0 Å².